The molecule has 21 heavy (non-hydrogen) atoms. The summed E-state index contributed by atoms with van der Waals surface area (Å²) in [5.41, 5.74) is 3.20. The van der Waals surface area contributed by atoms with Crippen LogP contribution in [-0.2, 0) is 0 Å². The van der Waals surface area contributed by atoms with Gasteiger partial charge in [-0.15, -0.1) is 0 Å². The molecule has 1 aromatic carbocycles. The molecule has 0 unspecified atom stereocenters. The van der Waals surface area contributed by atoms with Crippen molar-refractivity contribution in [3.63, 3.8) is 0 Å². The first kappa shape index (κ1) is 17.5. The first-order chi connectivity index (χ1) is 10.0. The van der Waals surface area contributed by atoms with E-state index in [2.05, 4.69) is 56.1 Å². The van der Waals surface area contributed by atoms with Gasteiger partial charge in [0.2, 0.25) is 0 Å². The van der Waals surface area contributed by atoms with Gasteiger partial charge in [-0.05, 0) is 30.0 Å². The predicted molar refractivity (Wildman–Crippen MR) is 95.0 cm³/mol. The summed E-state index contributed by atoms with van der Waals surface area (Å²) in [4.78, 5) is 2.48. The average molecular weight is 289 g/mol. The van der Waals surface area contributed by atoms with Gasteiger partial charge in [0, 0.05) is 43.3 Å². The van der Waals surface area contributed by atoms with E-state index in [1.807, 2.05) is 7.05 Å². The van der Waals surface area contributed by atoms with E-state index in [9.17, 15) is 0 Å². The van der Waals surface area contributed by atoms with Crippen LogP contribution in [0.5, 0.6) is 0 Å². The second-order valence-electron chi connectivity index (χ2n) is 6.15. The zero-order valence-electron chi connectivity index (χ0n) is 14.2. The monoisotopic (exact) mass is 289 g/mol. The number of nitrogens with one attached hydrogen (secondary N) is 2. The molecule has 0 atom stereocenters. The van der Waals surface area contributed by atoms with Crippen LogP contribution in [0.2, 0.25) is 0 Å². The molecule has 2 N–H and O–H groups in total. The highest BCUT2D eigenvalue weighted by atomic mass is 15.1. The number of anilines is 2. The average Bonchev–Trinajstić information content (AvgIpc) is 2.50. The van der Waals surface area contributed by atoms with Gasteiger partial charge in [-0.2, -0.15) is 0 Å². The summed E-state index contributed by atoms with van der Waals surface area (Å²) in [5, 5.41) is 10.7. The Bertz CT molecular complexity index is 436. The van der Waals surface area contributed by atoms with E-state index in [1.165, 1.54) is 24.7 Å². The maximum absolute atomic E-state index is 7.60. The molecule has 0 radical (unpaired) electrons. The highest BCUT2D eigenvalue weighted by Gasteiger charge is 2.14. The fraction of sp³-hybridized carbons (Fsp3) is 0.611. The maximum Gasteiger partial charge on any atom is 0.0428 e. The molecule has 3 heteroatoms. The third-order valence-corrected chi connectivity index (χ3v) is 4.04. The second kappa shape index (κ2) is 8.71. The molecule has 0 heterocycles. The zero-order valence-corrected chi connectivity index (χ0v) is 14.2. The van der Waals surface area contributed by atoms with Crippen molar-refractivity contribution in [2.75, 3.05) is 30.4 Å². The number of nitrogens with zero attached hydrogens (tertiary/aromatic N) is 1. The largest absolute Gasteiger partial charge is 0.388 e. The molecule has 0 aliphatic carbocycles. The maximum atomic E-state index is 7.60. The van der Waals surface area contributed by atoms with Gasteiger partial charge in [-0.1, -0.05) is 40.5 Å². The minimum absolute atomic E-state index is 0.631. The third kappa shape index (κ3) is 5.07. The minimum atomic E-state index is 0.631. The molecule has 0 fully saturated rings. The molecular weight excluding hydrogens is 258 g/mol. The standard InChI is InChI=1S/C18H31N3/c1-6-15(7-2)13-21(12-14(3)4)17-8-9-18(20-5)16(10-17)11-19/h8-11,14-15,19-20H,6-7,12-13H2,1-5H3. The molecule has 0 amide bonds. The van der Waals surface area contributed by atoms with E-state index in [-0.39, 0.29) is 0 Å². The number of hydrogen-bond donors (Lipinski definition) is 2. The van der Waals surface area contributed by atoms with Crippen LogP contribution in [0.15, 0.2) is 18.2 Å². The van der Waals surface area contributed by atoms with E-state index >= 15 is 0 Å². The quantitative estimate of drug-likeness (QED) is 0.651. The Kier molecular flexibility index (Phi) is 7.27. The molecular formula is C18H31N3. The van der Waals surface area contributed by atoms with E-state index in [1.54, 1.807) is 0 Å². The number of benzene rings is 1. The van der Waals surface area contributed by atoms with Gasteiger partial charge < -0.3 is 15.6 Å². The molecule has 1 rings (SSSR count). The molecule has 0 saturated heterocycles. The van der Waals surface area contributed by atoms with Crippen LogP contribution in [0, 0.1) is 17.2 Å². The Morgan fingerprint density at radius 3 is 2.33 bits per heavy atom. The Hall–Kier alpha value is -1.51. The lowest BCUT2D eigenvalue weighted by Crippen LogP contribution is -2.32. The summed E-state index contributed by atoms with van der Waals surface area (Å²) in [7, 11) is 1.90. The van der Waals surface area contributed by atoms with Gasteiger partial charge in [-0.3, -0.25) is 0 Å². The summed E-state index contributed by atoms with van der Waals surface area (Å²) in [5.74, 6) is 1.36. The predicted octanol–water partition coefficient (Wildman–Crippen LogP) is 4.62. The van der Waals surface area contributed by atoms with Crippen molar-refractivity contribution >= 4 is 17.6 Å². The van der Waals surface area contributed by atoms with Crippen molar-refractivity contribution < 1.29 is 0 Å². The van der Waals surface area contributed by atoms with Crippen molar-refractivity contribution in [2.24, 2.45) is 11.8 Å². The SMILES string of the molecule is CCC(CC)CN(CC(C)C)c1ccc(NC)c(C=N)c1. The first-order valence-corrected chi connectivity index (χ1v) is 8.12. The van der Waals surface area contributed by atoms with Crippen LogP contribution in [0.25, 0.3) is 0 Å². The summed E-state index contributed by atoms with van der Waals surface area (Å²) >= 11 is 0. The molecule has 0 saturated carbocycles. The Labute approximate surface area is 130 Å². The molecule has 3 nitrogen and oxygen atoms in total. The van der Waals surface area contributed by atoms with E-state index in [0.29, 0.717) is 5.92 Å². The molecule has 0 bridgehead atoms. The molecule has 1 aromatic rings. The van der Waals surface area contributed by atoms with E-state index in [0.717, 1.165) is 30.3 Å². The highest BCUT2D eigenvalue weighted by molar-refractivity contribution is 5.87. The third-order valence-electron chi connectivity index (χ3n) is 4.04. The molecule has 0 aliphatic heterocycles. The molecule has 0 aromatic heterocycles. The van der Waals surface area contributed by atoms with Gasteiger partial charge in [0.05, 0.1) is 0 Å². The van der Waals surface area contributed by atoms with Crippen molar-refractivity contribution in [3.05, 3.63) is 23.8 Å². The van der Waals surface area contributed by atoms with Crippen LogP contribution in [0.4, 0.5) is 11.4 Å². The van der Waals surface area contributed by atoms with E-state index in [4.69, 9.17) is 5.41 Å². The fourth-order valence-corrected chi connectivity index (χ4v) is 2.68. The van der Waals surface area contributed by atoms with Gasteiger partial charge in [0.15, 0.2) is 0 Å². The fourth-order valence-electron chi connectivity index (χ4n) is 2.68. The number of rotatable bonds is 9. The van der Waals surface area contributed by atoms with Crippen LogP contribution in [0.3, 0.4) is 0 Å². The van der Waals surface area contributed by atoms with Crippen molar-refractivity contribution in [2.45, 2.75) is 40.5 Å². The van der Waals surface area contributed by atoms with Gasteiger partial charge in [0.1, 0.15) is 0 Å². The van der Waals surface area contributed by atoms with Crippen LogP contribution in [0.1, 0.15) is 46.1 Å². The zero-order chi connectivity index (χ0) is 15.8. The summed E-state index contributed by atoms with van der Waals surface area (Å²) in [6, 6.07) is 6.38. The topological polar surface area (TPSA) is 39.1 Å². The van der Waals surface area contributed by atoms with Gasteiger partial charge >= 0.3 is 0 Å². The second-order valence-corrected chi connectivity index (χ2v) is 6.15. The smallest absolute Gasteiger partial charge is 0.0428 e. The van der Waals surface area contributed by atoms with Crippen molar-refractivity contribution in [1.82, 2.24) is 0 Å². The summed E-state index contributed by atoms with van der Waals surface area (Å²) < 4.78 is 0. The molecule has 0 spiro atoms. The molecule has 118 valence electrons. The van der Waals surface area contributed by atoms with Crippen molar-refractivity contribution in [3.8, 4) is 0 Å². The van der Waals surface area contributed by atoms with Crippen LogP contribution < -0.4 is 10.2 Å². The Morgan fingerprint density at radius 2 is 1.86 bits per heavy atom. The minimum Gasteiger partial charge on any atom is -0.388 e. The highest BCUT2D eigenvalue weighted by Crippen LogP contribution is 2.24. The lowest BCUT2D eigenvalue weighted by atomic mass is 10.0. The van der Waals surface area contributed by atoms with Crippen LogP contribution in [-0.4, -0.2) is 26.4 Å². The lowest BCUT2D eigenvalue weighted by molar-refractivity contribution is 0.467. The lowest BCUT2D eigenvalue weighted by Gasteiger charge is -2.30. The molecule has 0 aliphatic rings. The van der Waals surface area contributed by atoms with E-state index < -0.39 is 0 Å². The normalized spacial score (nSPS) is 11.0. The Morgan fingerprint density at radius 1 is 1.19 bits per heavy atom. The first-order valence-electron chi connectivity index (χ1n) is 8.12. The Balaban J connectivity index is 3.04. The summed E-state index contributed by atoms with van der Waals surface area (Å²) in [6.45, 7) is 11.2. The summed E-state index contributed by atoms with van der Waals surface area (Å²) in [6.07, 6.45) is 3.87. The van der Waals surface area contributed by atoms with Crippen LogP contribution >= 0.6 is 0 Å². The number of hydrogen-bond acceptors (Lipinski definition) is 3. The van der Waals surface area contributed by atoms with Gasteiger partial charge in [-0.25, -0.2) is 0 Å². The van der Waals surface area contributed by atoms with Crippen molar-refractivity contribution in [1.29, 1.82) is 5.41 Å². The van der Waals surface area contributed by atoms with Gasteiger partial charge in [0.25, 0.3) is 0 Å².